The third kappa shape index (κ3) is 4.76. The van der Waals surface area contributed by atoms with Crippen LogP contribution in [0.4, 0.5) is 0 Å². The Morgan fingerprint density at radius 1 is 1.32 bits per heavy atom. The van der Waals surface area contributed by atoms with Crippen LogP contribution in [0.15, 0.2) is 18.3 Å². The molecule has 1 aromatic heterocycles. The van der Waals surface area contributed by atoms with Gasteiger partial charge in [-0.05, 0) is 30.5 Å². The van der Waals surface area contributed by atoms with Crippen molar-refractivity contribution < 1.29 is 14.3 Å². The van der Waals surface area contributed by atoms with Gasteiger partial charge in [0.15, 0.2) is 0 Å². The van der Waals surface area contributed by atoms with Gasteiger partial charge in [-0.15, -0.1) is 0 Å². The van der Waals surface area contributed by atoms with E-state index in [4.69, 9.17) is 4.74 Å². The van der Waals surface area contributed by atoms with Crippen LogP contribution in [0.3, 0.4) is 0 Å². The predicted molar refractivity (Wildman–Crippen MR) is 92.7 cm³/mol. The number of likely N-dealkylation sites (tertiary alicyclic amines) is 1. The number of amides is 2. The fourth-order valence-electron chi connectivity index (χ4n) is 3.49. The third-order valence-electron chi connectivity index (χ3n) is 4.78. The van der Waals surface area contributed by atoms with Crippen LogP contribution in [-0.4, -0.2) is 66.0 Å². The van der Waals surface area contributed by atoms with Crippen LogP contribution < -0.4 is 5.32 Å². The highest BCUT2D eigenvalue weighted by atomic mass is 16.5. The fraction of sp³-hybridized carbons (Fsp3) is 0.611. The molecule has 1 atom stereocenters. The van der Waals surface area contributed by atoms with Gasteiger partial charge in [0.25, 0.3) is 0 Å². The molecule has 0 bridgehead atoms. The minimum atomic E-state index is -0.180. The predicted octanol–water partition coefficient (Wildman–Crippen LogP) is 0.713. The summed E-state index contributed by atoms with van der Waals surface area (Å²) < 4.78 is 5.39. The number of rotatable bonds is 5. The lowest BCUT2D eigenvalue weighted by Crippen LogP contribution is -2.39. The maximum atomic E-state index is 12.4. The Morgan fingerprint density at radius 2 is 2.12 bits per heavy atom. The second-order valence-electron chi connectivity index (χ2n) is 6.62. The number of ether oxygens (including phenoxy) is 1. The first-order valence-corrected chi connectivity index (χ1v) is 8.92. The van der Waals surface area contributed by atoms with E-state index in [1.807, 2.05) is 17.2 Å². The van der Waals surface area contributed by atoms with Gasteiger partial charge in [0.05, 0.1) is 31.5 Å². The summed E-state index contributed by atoms with van der Waals surface area (Å²) in [5.74, 6) is -0.204. The van der Waals surface area contributed by atoms with Crippen LogP contribution in [0.5, 0.6) is 0 Å². The molecular formula is C18H26N4O3. The number of carbonyl (C=O) groups excluding carboxylic acids is 2. The molecule has 3 heterocycles. The third-order valence-corrected chi connectivity index (χ3v) is 4.78. The molecule has 2 aliphatic heterocycles. The van der Waals surface area contributed by atoms with Gasteiger partial charge < -0.3 is 15.0 Å². The summed E-state index contributed by atoms with van der Waals surface area (Å²) >= 11 is 0. The second kappa shape index (κ2) is 8.40. The molecule has 2 aliphatic rings. The first-order chi connectivity index (χ1) is 12.1. The Balaban J connectivity index is 1.66. The van der Waals surface area contributed by atoms with Gasteiger partial charge in [-0.1, -0.05) is 0 Å². The molecular weight excluding hydrogens is 320 g/mol. The molecule has 0 spiro atoms. The number of hydrogen-bond acceptors (Lipinski definition) is 5. The van der Waals surface area contributed by atoms with E-state index >= 15 is 0 Å². The second-order valence-corrected chi connectivity index (χ2v) is 6.62. The van der Waals surface area contributed by atoms with Crippen LogP contribution in [-0.2, 0) is 20.9 Å². The van der Waals surface area contributed by atoms with Gasteiger partial charge in [0, 0.05) is 39.3 Å². The number of nitrogens with one attached hydrogen (secondary N) is 1. The molecule has 0 aromatic carbocycles. The van der Waals surface area contributed by atoms with Gasteiger partial charge in [0.1, 0.15) is 0 Å². The standard InChI is InChI=1S/C18H26N4O3/c1-14(23)20-12-18(24)22-6-2-3-17(22)15-4-5-19-16(11-15)13-21-7-9-25-10-8-21/h4-5,11,17H,2-3,6-10,12-13H2,1H3,(H,20,23). The normalized spacial score (nSPS) is 21.3. The molecule has 3 rings (SSSR count). The Labute approximate surface area is 148 Å². The molecule has 2 fully saturated rings. The zero-order chi connectivity index (χ0) is 17.6. The molecule has 0 saturated carbocycles. The van der Waals surface area contributed by atoms with E-state index in [2.05, 4.69) is 21.3 Å². The Hall–Kier alpha value is -1.99. The highest BCUT2D eigenvalue weighted by Gasteiger charge is 2.30. The fourth-order valence-corrected chi connectivity index (χ4v) is 3.49. The van der Waals surface area contributed by atoms with Crippen molar-refractivity contribution in [1.82, 2.24) is 20.1 Å². The van der Waals surface area contributed by atoms with Crippen LogP contribution in [0.25, 0.3) is 0 Å². The Kier molecular flexibility index (Phi) is 5.99. The van der Waals surface area contributed by atoms with E-state index < -0.39 is 0 Å². The molecule has 7 nitrogen and oxygen atoms in total. The van der Waals surface area contributed by atoms with Crippen LogP contribution in [0.2, 0.25) is 0 Å². The highest BCUT2D eigenvalue weighted by molar-refractivity contribution is 5.84. The lowest BCUT2D eigenvalue weighted by atomic mass is 10.0. The monoisotopic (exact) mass is 346 g/mol. The van der Waals surface area contributed by atoms with Crippen molar-refractivity contribution in [3.63, 3.8) is 0 Å². The highest BCUT2D eigenvalue weighted by Crippen LogP contribution is 2.32. The lowest BCUT2D eigenvalue weighted by Gasteiger charge is -2.27. The molecule has 0 aliphatic carbocycles. The first-order valence-electron chi connectivity index (χ1n) is 8.92. The van der Waals surface area contributed by atoms with Gasteiger partial charge in [-0.3, -0.25) is 19.5 Å². The zero-order valence-electron chi connectivity index (χ0n) is 14.7. The lowest BCUT2D eigenvalue weighted by molar-refractivity contribution is -0.133. The SMILES string of the molecule is CC(=O)NCC(=O)N1CCCC1c1ccnc(CN2CCOCC2)c1. The van der Waals surface area contributed by atoms with Crippen molar-refractivity contribution in [2.75, 3.05) is 39.4 Å². The average molecular weight is 346 g/mol. The van der Waals surface area contributed by atoms with Gasteiger partial charge in [0.2, 0.25) is 11.8 Å². The maximum Gasteiger partial charge on any atom is 0.242 e. The minimum Gasteiger partial charge on any atom is -0.379 e. The average Bonchev–Trinajstić information content (AvgIpc) is 3.10. The summed E-state index contributed by atoms with van der Waals surface area (Å²) in [6, 6.07) is 4.19. The zero-order valence-corrected chi connectivity index (χ0v) is 14.7. The number of hydrogen-bond donors (Lipinski definition) is 1. The summed E-state index contributed by atoms with van der Waals surface area (Å²) in [4.78, 5) is 32.2. The van der Waals surface area contributed by atoms with E-state index in [0.717, 1.165) is 63.5 Å². The number of nitrogens with zero attached hydrogens (tertiary/aromatic N) is 3. The molecule has 7 heteroatoms. The molecule has 2 amide bonds. The summed E-state index contributed by atoms with van der Waals surface area (Å²) in [7, 11) is 0. The number of aromatic nitrogens is 1. The van der Waals surface area contributed by atoms with E-state index in [1.54, 1.807) is 0 Å². The molecule has 2 saturated heterocycles. The minimum absolute atomic E-state index is 0.0239. The smallest absolute Gasteiger partial charge is 0.242 e. The topological polar surface area (TPSA) is 74.8 Å². The molecule has 0 radical (unpaired) electrons. The molecule has 1 aromatic rings. The van der Waals surface area contributed by atoms with E-state index in [9.17, 15) is 9.59 Å². The first kappa shape index (κ1) is 17.8. The van der Waals surface area contributed by atoms with Crippen molar-refractivity contribution in [1.29, 1.82) is 0 Å². The van der Waals surface area contributed by atoms with Crippen LogP contribution >= 0.6 is 0 Å². The van der Waals surface area contributed by atoms with Crippen molar-refractivity contribution >= 4 is 11.8 Å². The number of carbonyl (C=O) groups is 2. The Morgan fingerprint density at radius 3 is 2.88 bits per heavy atom. The van der Waals surface area contributed by atoms with Gasteiger partial charge in [-0.2, -0.15) is 0 Å². The summed E-state index contributed by atoms with van der Waals surface area (Å²) in [6.07, 6.45) is 3.77. The van der Waals surface area contributed by atoms with E-state index in [0.29, 0.717) is 0 Å². The number of morpholine rings is 1. The summed E-state index contributed by atoms with van der Waals surface area (Å²) in [5.41, 5.74) is 2.16. The Bertz CT molecular complexity index is 616. The summed E-state index contributed by atoms with van der Waals surface area (Å²) in [5, 5.41) is 2.60. The van der Waals surface area contributed by atoms with Crippen molar-refractivity contribution in [2.45, 2.75) is 32.4 Å². The molecule has 1 N–H and O–H groups in total. The van der Waals surface area contributed by atoms with Crippen LogP contribution in [0, 0.1) is 0 Å². The van der Waals surface area contributed by atoms with E-state index in [-0.39, 0.29) is 24.4 Å². The maximum absolute atomic E-state index is 12.4. The van der Waals surface area contributed by atoms with E-state index in [1.165, 1.54) is 6.92 Å². The van der Waals surface area contributed by atoms with Crippen molar-refractivity contribution in [3.05, 3.63) is 29.6 Å². The van der Waals surface area contributed by atoms with Crippen molar-refractivity contribution in [3.8, 4) is 0 Å². The number of pyridine rings is 1. The molecule has 1 unspecified atom stereocenters. The molecule has 25 heavy (non-hydrogen) atoms. The van der Waals surface area contributed by atoms with Gasteiger partial charge >= 0.3 is 0 Å². The largest absolute Gasteiger partial charge is 0.379 e. The van der Waals surface area contributed by atoms with Crippen molar-refractivity contribution in [2.24, 2.45) is 0 Å². The van der Waals surface area contributed by atoms with Gasteiger partial charge in [-0.25, -0.2) is 0 Å². The quantitative estimate of drug-likeness (QED) is 0.850. The van der Waals surface area contributed by atoms with Crippen LogP contribution in [0.1, 0.15) is 37.1 Å². The molecule has 136 valence electrons. The summed E-state index contributed by atoms with van der Waals surface area (Å²) in [6.45, 7) is 6.44.